The van der Waals surface area contributed by atoms with E-state index in [2.05, 4.69) is 54.0 Å². The van der Waals surface area contributed by atoms with Crippen LogP contribution in [0.25, 0.3) is 22.3 Å². The first kappa shape index (κ1) is 13.3. The maximum atomic E-state index is 4.80. The summed E-state index contributed by atoms with van der Waals surface area (Å²) in [5, 5.41) is 0. The van der Waals surface area contributed by atoms with Gasteiger partial charge in [0.05, 0.1) is 22.4 Å². The number of benzene rings is 2. The van der Waals surface area contributed by atoms with Crippen LogP contribution in [0.1, 0.15) is 16.8 Å². The molecule has 0 atom stereocenters. The van der Waals surface area contributed by atoms with Gasteiger partial charge in [0, 0.05) is 10.0 Å². The molecule has 2 aromatic carbocycles. The number of hydrogen-bond acceptors (Lipinski definition) is 2. The average molecular weight is 327 g/mol. The molecule has 0 aliphatic carbocycles. The summed E-state index contributed by atoms with van der Waals surface area (Å²) in [5.74, 6) is 0. The Bertz CT molecular complexity index is 792. The number of rotatable bonds is 1. The van der Waals surface area contributed by atoms with Crippen molar-refractivity contribution < 1.29 is 0 Å². The first-order valence-corrected chi connectivity index (χ1v) is 7.35. The summed E-state index contributed by atoms with van der Waals surface area (Å²) < 4.78 is 1.07. The molecule has 0 saturated carbocycles. The Kier molecular flexibility index (Phi) is 3.30. The second kappa shape index (κ2) is 4.98. The minimum absolute atomic E-state index is 0.952. The fraction of sp³-hybridized carbons (Fsp3) is 0.176. The minimum Gasteiger partial charge on any atom is -0.249 e. The summed E-state index contributed by atoms with van der Waals surface area (Å²) in [5.41, 5.74) is 7.43. The zero-order chi connectivity index (χ0) is 14.3. The molecule has 0 unspecified atom stereocenters. The molecule has 0 N–H and O–H groups in total. The molecule has 0 saturated heterocycles. The van der Waals surface area contributed by atoms with Gasteiger partial charge in [-0.1, -0.05) is 28.1 Å². The third-order valence-electron chi connectivity index (χ3n) is 3.57. The maximum Gasteiger partial charge on any atom is 0.0922 e. The van der Waals surface area contributed by atoms with Crippen molar-refractivity contribution in [2.75, 3.05) is 0 Å². The first-order chi connectivity index (χ1) is 9.54. The lowest BCUT2D eigenvalue weighted by Gasteiger charge is -2.09. The minimum atomic E-state index is 0.952. The molecular weight excluding hydrogens is 312 g/mol. The zero-order valence-electron chi connectivity index (χ0n) is 11.7. The molecule has 3 aromatic rings. The third kappa shape index (κ3) is 2.34. The van der Waals surface area contributed by atoms with E-state index >= 15 is 0 Å². The van der Waals surface area contributed by atoms with Crippen LogP contribution in [0.15, 0.2) is 40.9 Å². The summed E-state index contributed by atoms with van der Waals surface area (Å²) in [6.07, 6.45) is 0. The predicted molar refractivity (Wildman–Crippen MR) is 86.9 cm³/mol. The highest BCUT2D eigenvalue weighted by atomic mass is 79.9. The number of halogens is 1. The normalized spacial score (nSPS) is 11.0. The predicted octanol–water partition coefficient (Wildman–Crippen LogP) is 4.98. The van der Waals surface area contributed by atoms with Crippen LogP contribution in [0.5, 0.6) is 0 Å². The van der Waals surface area contributed by atoms with E-state index in [1.165, 1.54) is 11.1 Å². The van der Waals surface area contributed by atoms with Gasteiger partial charge in [-0.05, 0) is 56.2 Å². The number of fused-ring (bicyclic) bond motifs is 1. The zero-order valence-corrected chi connectivity index (χ0v) is 13.3. The quantitative estimate of drug-likeness (QED) is 0.630. The van der Waals surface area contributed by atoms with Gasteiger partial charge < -0.3 is 0 Å². The molecule has 3 rings (SSSR count). The van der Waals surface area contributed by atoms with Crippen LogP contribution >= 0.6 is 15.9 Å². The van der Waals surface area contributed by atoms with Crippen molar-refractivity contribution in [2.45, 2.75) is 20.8 Å². The molecule has 0 spiro atoms. The molecule has 20 heavy (non-hydrogen) atoms. The van der Waals surface area contributed by atoms with E-state index in [-0.39, 0.29) is 0 Å². The highest BCUT2D eigenvalue weighted by Crippen LogP contribution is 2.25. The summed E-state index contributed by atoms with van der Waals surface area (Å²) >= 11 is 3.46. The van der Waals surface area contributed by atoms with Crippen LogP contribution in [-0.4, -0.2) is 9.97 Å². The molecule has 0 radical (unpaired) electrons. The molecule has 100 valence electrons. The lowest BCUT2D eigenvalue weighted by atomic mass is 10.1. The monoisotopic (exact) mass is 326 g/mol. The fourth-order valence-electron chi connectivity index (χ4n) is 2.28. The molecule has 0 fully saturated rings. The number of aryl methyl sites for hydroxylation is 3. The summed E-state index contributed by atoms with van der Waals surface area (Å²) in [4.78, 5) is 9.50. The van der Waals surface area contributed by atoms with E-state index in [9.17, 15) is 0 Å². The fourth-order valence-corrected chi connectivity index (χ4v) is 2.55. The molecule has 0 amide bonds. The number of aromatic nitrogens is 2. The van der Waals surface area contributed by atoms with Crippen molar-refractivity contribution in [3.05, 3.63) is 57.7 Å². The van der Waals surface area contributed by atoms with Gasteiger partial charge in [-0.25, -0.2) is 9.97 Å². The SMILES string of the molecule is Cc1cc2nc(C)c(-c3ccc(Br)cc3)nc2cc1C. The molecule has 3 heteroatoms. The van der Waals surface area contributed by atoms with Gasteiger partial charge in [-0.2, -0.15) is 0 Å². The lowest BCUT2D eigenvalue weighted by Crippen LogP contribution is -1.95. The van der Waals surface area contributed by atoms with Gasteiger partial charge in [0.1, 0.15) is 0 Å². The molecular formula is C17H15BrN2. The van der Waals surface area contributed by atoms with Gasteiger partial charge in [-0.15, -0.1) is 0 Å². The van der Waals surface area contributed by atoms with Gasteiger partial charge >= 0.3 is 0 Å². The van der Waals surface area contributed by atoms with Crippen molar-refractivity contribution in [1.29, 1.82) is 0 Å². The molecule has 2 nitrogen and oxygen atoms in total. The number of hydrogen-bond donors (Lipinski definition) is 0. The molecule has 0 aliphatic rings. The number of nitrogens with zero attached hydrogens (tertiary/aromatic N) is 2. The van der Waals surface area contributed by atoms with Crippen LogP contribution < -0.4 is 0 Å². The Morgan fingerprint density at radius 1 is 0.800 bits per heavy atom. The Morgan fingerprint density at radius 2 is 1.35 bits per heavy atom. The molecule has 0 bridgehead atoms. The maximum absolute atomic E-state index is 4.80. The first-order valence-electron chi connectivity index (χ1n) is 6.56. The van der Waals surface area contributed by atoms with E-state index in [1.54, 1.807) is 0 Å². The highest BCUT2D eigenvalue weighted by molar-refractivity contribution is 9.10. The van der Waals surface area contributed by atoms with E-state index in [0.29, 0.717) is 0 Å². The second-order valence-electron chi connectivity index (χ2n) is 5.09. The van der Waals surface area contributed by atoms with E-state index < -0.39 is 0 Å². The molecule has 1 heterocycles. The van der Waals surface area contributed by atoms with E-state index in [1.807, 2.05) is 19.1 Å². The van der Waals surface area contributed by atoms with Gasteiger partial charge in [0.2, 0.25) is 0 Å². The standard InChI is InChI=1S/C17H15BrN2/c1-10-8-15-16(9-11(10)2)20-17(12(3)19-15)13-4-6-14(18)7-5-13/h4-9H,1-3H3. The van der Waals surface area contributed by atoms with E-state index in [4.69, 9.17) is 9.97 Å². The highest BCUT2D eigenvalue weighted by Gasteiger charge is 2.08. The molecule has 1 aromatic heterocycles. The Morgan fingerprint density at radius 3 is 1.95 bits per heavy atom. The summed E-state index contributed by atoms with van der Waals surface area (Å²) in [6, 6.07) is 12.4. The van der Waals surface area contributed by atoms with Crippen LogP contribution in [-0.2, 0) is 0 Å². The summed E-state index contributed by atoms with van der Waals surface area (Å²) in [7, 11) is 0. The smallest absolute Gasteiger partial charge is 0.0922 e. The van der Waals surface area contributed by atoms with Crippen molar-refractivity contribution in [1.82, 2.24) is 9.97 Å². The van der Waals surface area contributed by atoms with E-state index in [0.717, 1.165) is 32.5 Å². The largest absolute Gasteiger partial charge is 0.249 e. The lowest BCUT2D eigenvalue weighted by molar-refractivity contribution is 1.18. The Hall–Kier alpha value is -1.74. The van der Waals surface area contributed by atoms with Gasteiger partial charge in [0.15, 0.2) is 0 Å². The Labute approximate surface area is 127 Å². The van der Waals surface area contributed by atoms with Crippen molar-refractivity contribution in [3.8, 4) is 11.3 Å². The van der Waals surface area contributed by atoms with Crippen molar-refractivity contribution in [3.63, 3.8) is 0 Å². The van der Waals surface area contributed by atoms with Crippen molar-refractivity contribution >= 4 is 27.0 Å². The second-order valence-corrected chi connectivity index (χ2v) is 6.01. The topological polar surface area (TPSA) is 25.8 Å². The van der Waals surface area contributed by atoms with Gasteiger partial charge in [-0.3, -0.25) is 0 Å². The molecule has 0 aliphatic heterocycles. The van der Waals surface area contributed by atoms with Crippen LogP contribution in [0.3, 0.4) is 0 Å². The average Bonchev–Trinajstić information content (AvgIpc) is 2.41. The van der Waals surface area contributed by atoms with Crippen molar-refractivity contribution in [2.24, 2.45) is 0 Å². The summed E-state index contributed by atoms with van der Waals surface area (Å²) in [6.45, 7) is 6.23. The third-order valence-corrected chi connectivity index (χ3v) is 4.10. The van der Waals surface area contributed by atoms with Crippen LogP contribution in [0, 0.1) is 20.8 Å². The van der Waals surface area contributed by atoms with Crippen LogP contribution in [0.4, 0.5) is 0 Å². The Balaban J connectivity index is 2.23. The van der Waals surface area contributed by atoms with Crippen LogP contribution in [0.2, 0.25) is 0 Å². The van der Waals surface area contributed by atoms with Gasteiger partial charge in [0.25, 0.3) is 0 Å².